The zero-order valence-electron chi connectivity index (χ0n) is 17.3. The molecule has 0 saturated carbocycles. The van der Waals surface area contributed by atoms with Gasteiger partial charge in [0.25, 0.3) is 6.47 Å². The Morgan fingerprint density at radius 2 is 1.85 bits per heavy atom. The van der Waals surface area contributed by atoms with Gasteiger partial charge in [-0.05, 0) is 43.6 Å². The first-order valence-corrected chi connectivity index (χ1v) is 10.4. The number of hydrogen-bond donors (Lipinski definition) is 1. The predicted octanol–water partition coefficient (Wildman–Crippen LogP) is 3.97. The molecule has 1 aromatic carbocycles. The summed E-state index contributed by atoms with van der Waals surface area (Å²) >= 11 is 1.80. The van der Waals surface area contributed by atoms with Gasteiger partial charge in [0.05, 0.1) is 0 Å². The molecule has 0 saturated heterocycles. The van der Waals surface area contributed by atoms with Crippen molar-refractivity contribution in [2.45, 2.75) is 59.6 Å². The first kappa shape index (κ1) is 25.5. The van der Waals surface area contributed by atoms with E-state index in [1.807, 2.05) is 18.2 Å². The van der Waals surface area contributed by atoms with E-state index in [0.29, 0.717) is 18.3 Å². The molecule has 5 nitrogen and oxygen atoms in total. The quantitative estimate of drug-likeness (QED) is 0.366. The Balaban J connectivity index is 0.000000797. The predicted molar refractivity (Wildman–Crippen MR) is 113 cm³/mol. The van der Waals surface area contributed by atoms with Crippen LogP contribution in [-0.2, 0) is 19.1 Å². The van der Waals surface area contributed by atoms with Crippen LogP contribution < -0.4 is 5.73 Å². The minimum Gasteiger partial charge on any atom is -0.464 e. The van der Waals surface area contributed by atoms with Gasteiger partial charge in [-0.25, -0.2) is 0 Å². The van der Waals surface area contributed by atoms with E-state index >= 15 is 0 Å². The molecule has 6 heteroatoms. The number of nitrogens with two attached hydrogens (primary N) is 1. The second-order valence-corrected chi connectivity index (χ2v) is 8.87. The van der Waals surface area contributed by atoms with Gasteiger partial charge in [-0.3, -0.25) is 9.59 Å². The first-order chi connectivity index (χ1) is 12.7. The number of carbonyl (C=O) groups is 2. The van der Waals surface area contributed by atoms with Gasteiger partial charge in [-0.15, -0.1) is 0 Å². The highest BCUT2D eigenvalue weighted by Crippen LogP contribution is 2.21. The fourth-order valence-corrected chi connectivity index (χ4v) is 3.22. The largest absolute Gasteiger partial charge is 0.464 e. The van der Waals surface area contributed by atoms with Crippen molar-refractivity contribution >= 4 is 24.2 Å². The molecule has 2 unspecified atom stereocenters. The van der Waals surface area contributed by atoms with Crippen molar-refractivity contribution in [3.8, 4) is 0 Å². The summed E-state index contributed by atoms with van der Waals surface area (Å²) < 4.78 is 9.59. The number of benzene rings is 1. The summed E-state index contributed by atoms with van der Waals surface area (Å²) in [4.78, 5) is 21.7. The van der Waals surface area contributed by atoms with Gasteiger partial charge in [0.15, 0.2) is 0 Å². The normalized spacial score (nSPS) is 13.0. The lowest BCUT2D eigenvalue weighted by molar-refractivity contribution is -0.154. The summed E-state index contributed by atoms with van der Waals surface area (Å²) in [6, 6.07) is 9.65. The maximum atomic E-state index is 11.6. The number of esters is 1. The lowest BCUT2D eigenvalue weighted by atomic mass is 9.94. The van der Waals surface area contributed by atoms with Gasteiger partial charge < -0.3 is 15.2 Å². The van der Waals surface area contributed by atoms with Crippen molar-refractivity contribution in [2.75, 3.05) is 18.1 Å². The summed E-state index contributed by atoms with van der Waals surface area (Å²) in [5, 5.41) is 0. The van der Waals surface area contributed by atoms with Crippen molar-refractivity contribution in [2.24, 2.45) is 11.1 Å². The molecule has 0 heterocycles. The Kier molecular flexibility index (Phi) is 13.7. The number of aryl methyl sites for hydroxylation is 1. The van der Waals surface area contributed by atoms with Crippen LogP contribution in [0.3, 0.4) is 0 Å². The van der Waals surface area contributed by atoms with Crippen molar-refractivity contribution in [3.63, 3.8) is 0 Å². The van der Waals surface area contributed by atoms with Gasteiger partial charge in [0.1, 0.15) is 18.8 Å². The molecule has 0 radical (unpaired) electrons. The number of ether oxygens (including phenoxy) is 2. The number of thioether (sulfide) groups is 1. The highest BCUT2D eigenvalue weighted by molar-refractivity contribution is 7.99. The molecule has 0 aliphatic rings. The summed E-state index contributed by atoms with van der Waals surface area (Å²) in [5.74, 6) is 1.46. The van der Waals surface area contributed by atoms with Crippen LogP contribution in [0.2, 0.25) is 0 Å². The van der Waals surface area contributed by atoms with Crippen LogP contribution in [0.1, 0.15) is 46.1 Å². The van der Waals surface area contributed by atoms with Crippen LogP contribution in [0.15, 0.2) is 30.3 Å². The molecule has 1 rings (SSSR count). The molecular weight excluding hydrogens is 362 g/mol. The van der Waals surface area contributed by atoms with Crippen molar-refractivity contribution in [1.29, 1.82) is 0 Å². The van der Waals surface area contributed by atoms with E-state index in [1.165, 1.54) is 5.56 Å². The minimum absolute atomic E-state index is 0.0578. The molecular formula is C21H35NO4S. The lowest BCUT2D eigenvalue weighted by Gasteiger charge is -2.18. The van der Waals surface area contributed by atoms with Crippen LogP contribution in [0.4, 0.5) is 0 Å². The molecule has 0 amide bonds. The van der Waals surface area contributed by atoms with Crippen LogP contribution in [-0.4, -0.2) is 42.7 Å². The van der Waals surface area contributed by atoms with Gasteiger partial charge in [0, 0.05) is 0 Å². The topological polar surface area (TPSA) is 78.6 Å². The molecule has 2 atom stereocenters. The molecule has 0 aliphatic heterocycles. The minimum atomic E-state index is -0.615. The van der Waals surface area contributed by atoms with Crippen molar-refractivity contribution in [3.05, 3.63) is 35.9 Å². The van der Waals surface area contributed by atoms with Gasteiger partial charge in [-0.2, -0.15) is 11.8 Å². The Bertz CT molecular complexity index is 517. The maximum absolute atomic E-state index is 11.6. The summed E-state index contributed by atoms with van der Waals surface area (Å²) in [6.45, 7) is 10.8. The van der Waals surface area contributed by atoms with E-state index in [2.05, 4.69) is 44.6 Å². The van der Waals surface area contributed by atoms with E-state index in [0.717, 1.165) is 17.9 Å². The smallest absolute Gasteiger partial charge is 0.323 e. The molecule has 0 aliphatic carbocycles. The SMILES string of the molecule is CC(COC=O)OC(=O)C(N)CCSCCC(C)(C)C.Cc1ccccc1. The standard InChI is InChI=1S/C14H27NO4S.C7H8/c1-11(9-18-10-16)19-13(17)12(15)5-7-20-8-6-14(2,3)4;1-7-5-3-2-4-6-7/h10-12H,5-9,15H2,1-4H3;2-6H,1H3. The first-order valence-electron chi connectivity index (χ1n) is 9.26. The second-order valence-electron chi connectivity index (χ2n) is 7.65. The maximum Gasteiger partial charge on any atom is 0.323 e. The Labute approximate surface area is 168 Å². The zero-order chi connectivity index (χ0) is 20.7. The summed E-state index contributed by atoms with van der Waals surface area (Å²) in [7, 11) is 0. The average molecular weight is 398 g/mol. The molecule has 0 aromatic heterocycles. The molecule has 27 heavy (non-hydrogen) atoms. The second kappa shape index (κ2) is 14.5. The van der Waals surface area contributed by atoms with Crippen molar-refractivity contribution < 1.29 is 19.1 Å². The van der Waals surface area contributed by atoms with Crippen LogP contribution in [0.25, 0.3) is 0 Å². The number of carbonyl (C=O) groups excluding carboxylic acids is 2. The Hall–Kier alpha value is -1.53. The fourth-order valence-electron chi connectivity index (χ4n) is 1.84. The number of rotatable bonds is 10. The molecule has 2 N–H and O–H groups in total. The molecule has 1 aromatic rings. The van der Waals surface area contributed by atoms with E-state index in [9.17, 15) is 9.59 Å². The van der Waals surface area contributed by atoms with E-state index in [1.54, 1.807) is 18.7 Å². The zero-order valence-corrected chi connectivity index (χ0v) is 18.1. The lowest BCUT2D eigenvalue weighted by Crippen LogP contribution is -2.35. The highest BCUT2D eigenvalue weighted by Gasteiger charge is 2.18. The highest BCUT2D eigenvalue weighted by atomic mass is 32.2. The Morgan fingerprint density at radius 3 is 2.33 bits per heavy atom. The fraction of sp³-hybridized carbons (Fsp3) is 0.619. The number of hydrogen-bond acceptors (Lipinski definition) is 6. The Morgan fingerprint density at radius 1 is 1.22 bits per heavy atom. The molecule has 0 spiro atoms. The molecule has 154 valence electrons. The van der Waals surface area contributed by atoms with Gasteiger partial charge in [0.2, 0.25) is 0 Å². The van der Waals surface area contributed by atoms with Crippen LogP contribution in [0.5, 0.6) is 0 Å². The average Bonchev–Trinajstić information content (AvgIpc) is 2.59. The van der Waals surface area contributed by atoms with Crippen molar-refractivity contribution in [1.82, 2.24) is 0 Å². The van der Waals surface area contributed by atoms with Crippen LogP contribution >= 0.6 is 11.8 Å². The third kappa shape index (κ3) is 16.4. The van der Waals surface area contributed by atoms with E-state index in [-0.39, 0.29) is 6.61 Å². The van der Waals surface area contributed by atoms with Crippen LogP contribution in [0, 0.1) is 12.3 Å². The van der Waals surface area contributed by atoms with E-state index in [4.69, 9.17) is 10.5 Å². The molecule has 0 bridgehead atoms. The monoisotopic (exact) mass is 397 g/mol. The third-order valence-electron chi connectivity index (χ3n) is 3.53. The van der Waals surface area contributed by atoms with Gasteiger partial charge >= 0.3 is 5.97 Å². The summed E-state index contributed by atoms with van der Waals surface area (Å²) in [6.07, 6.45) is 1.26. The summed E-state index contributed by atoms with van der Waals surface area (Å²) in [5.41, 5.74) is 7.42. The third-order valence-corrected chi connectivity index (χ3v) is 4.55. The molecule has 0 fully saturated rings. The van der Waals surface area contributed by atoms with E-state index < -0.39 is 18.1 Å². The van der Waals surface area contributed by atoms with Gasteiger partial charge in [-0.1, -0.05) is 56.7 Å².